The van der Waals surface area contributed by atoms with Crippen molar-refractivity contribution in [1.29, 1.82) is 0 Å². The average molecular weight is 179 g/mol. The number of nitrogens with zero attached hydrogens (tertiary/aromatic N) is 1. The van der Waals surface area contributed by atoms with Crippen LogP contribution in [0.15, 0.2) is 24.4 Å². The van der Waals surface area contributed by atoms with Gasteiger partial charge in [-0.25, -0.2) is 0 Å². The summed E-state index contributed by atoms with van der Waals surface area (Å²) in [6.07, 6.45) is 5.72. The van der Waals surface area contributed by atoms with Crippen LogP contribution in [0.5, 0.6) is 0 Å². The molecular formula is C11H17NO. The fourth-order valence-electron chi connectivity index (χ4n) is 1.14. The minimum atomic E-state index is 1.00. The second kappa shape index (κ2) is 6.61. The predicted octanol–water partition coefficient (Wildman–Crippen LogP) is 2.58. The molecule has 1 aliphatic rings. The molecule has 0 aromatic carbocycles. The monoisotopic (exact) mass is 179 g/mol. The zero-order valence-corrected chi connectivity index (χ0v) is 8.20. The van der Waals surface area contributed by atoms with E-state index >= 15 is 0 Å². The van der Waals surface area contributed by atoms with Gasteiger partial charge in [0.2, 0.25) is 0 Å². The number of aromatic nitrogens is 1. The third kappa shape index (κ3) is 5.36. The van der Waals surface area contributed by atoms with Crippen LogP contribution in [-0.2, 0) is 4.74 Å². The largest absolute Gasteiger partial charge is 0.381 e. The number of aryl methyl sites for hydroxylation is 1. The molecule has 0 unspecified atom stereocenters. The first kappa shape index (κ1) is 10.2. The van der Waals surface area contributed by atoms with Crippen molar-refractivity contribution in [3.63, 3.8) is 0 Å². The average Bonchev–Trinajstić information content (AvgIpc) is 2.22. The molecule has 13 heavy (non-hydrogen) atoms. The van der Waals surface area contributed by atoms with Gasteiger partial charge in [0.15, 0.2) is 0 Å². The van der Waals surface area contributed by atoms with Crippen LogP contribution in [0.25, 0.3) is 0 Å². The summed E-state index contributed by atoms with van der Waals surface area (Å²) in [6.45, 7) is 3.97. The summed E-state index contributed by atoms with van der Waals surface area (Å²) >= 11 is 0. The Morgan fingerprint density at radius 1 is 1.15 bits per heavy atom. The molecule has 0 aliphatic carbocycles. The molecule has 0 bridgehead atoms. The number of hydrogen-bond donors (Lipinski definition) is 0. The number of pyridine rings is 1. The molecule has 0 radical (unpaired) electrons. The lowest BCUT2D eigenvalue weighted by atomic mass is 10.2. The van der Waals surface area contributed by atoms with E-state index in [1.807, 2.05) is 25.1 Å². The molecule has 2 heterocycles. The normalized spacial score (nSPS) is 15.8. The highest BCUT2D eigenvalue weighted by Crippen LogP contribution is 2.02. The van der Waals surface area contributed by atoms with E-state index in [9.17, 15) is 0 Å². The predicted molar refractivity (Wildman–Crippen MR) is 53.6 cm³/mol. The van der Waals surface area contributed by atoms with Crippen molar-refractivity contribution in [1.82, 2.24) is 4.98 Å². The van der Waals surface area contributed by atoms with Gasteiger partial charge in [0.05, 0.1) is 0 Å². The van der Waals surface area contributed by atoms with Crippen molar-refractivity contribution in [2.45, 2.75) is 26.2 Å². The summed E-state index contributed by atoms with van der Waals surface area (Å²) in [5, 5.41) is 0. The van der Waals surface area contributed by atoms with Gasteiger partial charge in [0, 0.05) is 25.1 Å². The molecule has 0 amide bonds. The van der Waals surface area contributed by atoms with Crippen molar-refractivity contribution >= 4 is 0 Å². The van der Waals surface area contributed by atoms with Gasteiger partial charge in [-0.15, -0.1) is 0 Å². The van der Waals surface area contributed by atoms with Crippen LogP contribution in [0.2, 0.25) is 0 Å². The Hall–Kier alpha value is -0.890. The molecule has 0 N–H and O–H groups in total. The quantitative estimate of drug-likeness (QED) is 0.610. The van der Waals surface area contributed by atoms with Crippen molar-refractivity contribution in [3.8, 4) is 0 Å². The molecule has 2 rings (SSSR count). The summed E-state index contributed by atoms with van der Waals surface area (Å²) < 4.78 is 5.07. The van der Waals surface area contributed by atoms with E-state index in [2.05, 4.69) is 4.98 Å². The summed E-state index contributed by atoms with van der Waals surface area (Å²) in [6, 6.07) is 5.86. The number of ether oxygens (including phenoxy) is 1. The first-order valence-electron chi connectivity index (χ1n) is 4.85. The smallest absolute Gasteiger partial charge is 0.0466 e. The van der Waals surface area contributed by atoms with Crippen molar-refractivity contribution in [3.05, 3.63) is 30.1 Å². The molecule has 0 atom stereocenters. The third-order valence-electron chi connectivity index (χ3n) is 1.89. The van der Waals surface area contributed by atoms with Crippen molar-refractivity contribution < 1.29 is 4.74 Å². The second-order valence-corrected chi connectivity index (χ2v) is 3.14. The van der Waals surface area contributed by atoms with Crippen molar-refractivity contribution in [2.24, 2.45) is 0 Å². The zero-order chi connectivity index (χ0) is 9.36. The molecule has 1 saturated heterocycles. The lowest BCUT2D eigenvalue weighted by Crippen LogP contribution is -2.03. The maximum Gasteiger partial charge on any atom is 0.0466 e. The minimum absolute atomic E-state index is 1.00. The Balaban J connectivity index is 0.000000132. The van der Waals surface area contributed by atoms with Crippen LogP contribution >= 0.6 is 0 Å². The van der Waals surface area contributed by atoms with E-state index in [4.69, 9.17) is 4.74 Å². The van der Waals surface area contributed by atoms with Gasteiger partial charge < -0.3 is 4.74 Å². The Labute approximate surface area is 80.0 Å². The lowest BCUT2D eigenvalue weighted by molar-refractivity contribution is 0.0968. The van der Waals surface area contributed by atoms with Crippen LogP contribution < -0.4 is 0 Å². The SMILES string of the molecule is C1CCOCC1.Cc1ccccn1. The highest BCUT2D eigenvalue weighted by molar-refractivity contribution is 4.99. The summed E-state index contributed by atoms with van der Waals surface area (Å²) in [5.74, 6) is 0. The highest BCUT2D eigenvalue weighted by atomic mass is 16.5. The van der Waals surface area contributed by atoms with E-state index in [-0.39, 0.29) is 0 Å². The first-order chi connectivity index (χ1) is 6.39. The molecule has 2 nitrogen and oxygen atoms in total. The molecular weight excluding hydrogens is 162 g/mol. The zero-order valence-electron chi connectivity index (χ0n) is 8.20. The standard InChI is InChI=1S/C6H7N.C5H10O/c1-6-4-2-3-5-7-6;1-2-4-6-5-3-1/h2-5H,1H3;1-5H2. The van der Waals surface area contributed by atoms with Gasteiger partial charge in [-0.05, 0) is 38.3 Å². The van der Waals surface area contributed by atoms with Gasteiger partial charge in [-0.3, -0.25) is 4.98 Å². The minimum Gasteiger partial charge on any atom is -0.381 e. The molecule has 1 aromatic rings. The molecule has 1 aliphatic heterocycles. The van der Waals surface area contributed by atoms with Crippen LogP contribution in [0, 0.1) is 6.92 Å². The van der Waals surface area contributed by atoms with E-state index in [1.165, 1.54) is 19.3 Å². The molecule has 1 aromatic heterocycles. The van der Waals surface area contributed by atoms with E-state index in [0.29, 0.717) is 0 Å². The molecule has 1 fully saturated rings. The molecule has 72 valence electrons. The molecule has 0 spiro atoms. The maximum absolute atomic E-state index is 5.07. The number of hydrogen-bond acceptors (Lipinski definition) is 2. The molecule has 0 saturated carbocycles. The van der Waals surface area contributed by atoms with E-state index in [1.54, 1.807) is 6.20 Å². The maximum atomic E-state index is 5.07. The fraction of sp³-hybridized carbons (Fsp3) is 0.545. The van der Waals surface area contributed by atoms with Crippen LogP contribution in [-0.4, -0.2) is 18.2 Å². The summed E-state index contributed by atoms with van der Waals surface area (Å²) in [5.41, 5.74) is 1.07. The van der Waals surface area contributed by atoms with Gasteiger partial charge in [-0.1, -0.05) is 6.07 Å². The third-order valence-corrected chi connectivity index (χ3v) is 1.89. The first-order valence-corrected chi connectivity index (χ1v) is 4.85. The molecule has 2 heteroatoms. The van der Waals surface area contributed by atoms with E-state index < -0.39 is 0 Å². The van der Waals surface area contributed by atoms with Gasteiger partial charge in [0.1, 0.15) is 0 Å². The van der Waals surface area contributed by atoms with E-state index in [0.717, 1.165) is 18.9 Å². The highest BCUT2D eigenvalue weighted by Gasteiger charge is 1.95. The van der Waals surface area contributed by atoms with Gasteiger partial charge >= 0.3 is 0 Å². The lowest BCUT2D eigenvalue weighted by Gasteiger charge is -2.08. The topological polar surface area (TPSA) is 22.1 Å². The van der Waals surface area contributed by atoms with Gasteiger partial charge in [-0.2, -0.15) is 0 Å². The summed E-state index contributed by atoms with van der Waals surface area (Å²) in [7, 11) is 0. The summed E-state index contributed by atoms with van der Waals surface area (Å²) in [4.78, 5) is 3.98. The van der Waals surface area contributed by atoms with Crippen LogP contribution in [0.1, 0.15) is 25.0 Å². The second-order valence-electron chi connectivity index (χ2n) is 3.14. The van der Waals surface area contributed by atoms with Crippen LogP contribution in [0.3, 0.4) is 0 Å². The Morgan fingerprint density at radius 3 is 2.15 bits per heavy atom. The van der Waals surface area contributed by atoms with Crippen molar-refractivity contribution in [2.75, 3.05) is 13.2 Å². The Morgan fingerprint density at radius 2 is 1.92 bits per heavy atom. The Kier molecular flexibility index (Phi) is 5.18. The van der Waals surface area contributed by atoms with Crippen LogP contribution in [0.4, 0.5) is 0 Å². The van der Waals surface area contributed by atoms with Gasteiger partial charge in [0.25, 0.3) is 0 Å². The Bertz CT molecular complexity index is 195. The number of rotatable bonds is 0. The fourth-order valence-corrected chi connectivity index (χ4v) is 1.14.